The molecule has 5 heteroatoms. The first-order valence-electron chi connectivity index (χ1n) is 6.48. The van der Waals surface area contributed by atoms with Gasteiger partial charge >= 0.3 is 0 Å². The molecule has 0 bridgehead atoms. The molecule has 0 aliphatic carbocycles. The Hall–Kier alpha value is -2.69. The fourth-order valence-electron chi connectivity index (χ4n) is 2.46. The molecule has 1 aliphatic heterocycles. The second-order valence-corrected chi connectivity index (χ2v) is 4.86. The predicted octanol–water partition coefficient (Wildman–Crippen LogP) is 2.34. The number of aromatic nitrogens is 3. The zero-order chi connectivity index (χ0) is 13.5. The SMILES string of the molecule is Cn1ccc2ncc(NC3=NCc4cccnc43)cc21. The van der Waals surface area contributed by atoms with Crippen LogP contribution in [0.4, 0.5) is 5.69 Å². The maximum absolute atomic E-state index is 4.50. The number of nitrogens with zero attached hydrogens (tertiary/aromatic N) is 4. The Balaban J connectivity index is 1.70. The Labute approximate surface area is 116 Å². The highest BCUT2D eigenvalue weighted by Gasteiger charge is 2.16. The third-order valence-corrected chi connectivity index (χ3v) is 3.52. The fraction of sp³-hybridized carbons (Fsp3) is 0.133. The van der Waals surface area contributed by atoms with E-state index in [0.29, 0.717) is 6.54 Å². The molecular weight excluding hydrogens is 250 g/mol. The van der Waals surface area contributed by atoms with Gasteiger partial charge in [-0.2, -0.15) is 0 Å². The third kappa shape index (κ3) is 1.67. The van der Waals surface area contributed by atoms with Gasteiger partial charge in [0, 0.05) is 25.0 Å². The maximum atomic E-state index is 4.50. The van der Waals surface area contributed by atoms with E-state index in [1.54, 1.807) is 6.20 Å². The molecular formula is C15H13N5. The van der Waals surface area contributed by atoms with Crippen LogP contribution in [-0.2, 0) is 13.6 Å². The highest BCUT2D eigenvalue weighted by Crippen LogP contribution is 2.20. The Morgan fingerprint density at radius 3 is 3.15 bits per heavy atom. The van der Waals surface area contributed by atoms with Crippen molar-refractivity contribution in [2.24, 2.45) is 12.0 Å². The van der Waals surface area contributed by atoms with Crippen LogP contribution in [0.1, 0.15) is 11.3 Å². The number of pyridine rings is 2. The van der Waals surface area contributed by atoms with E-state index >= 15 is 0 Å². The lowest BCUT2D eigenvalue weighted by atomic mass is 10.2. The van der Waals surface area contributed by atoms with Gasteiger partial charge in [-0.05, 0) is 18.2 Å². The average molecular weight is 263 g/mol. The summed E-state index contributed by atoms with van der Waals surface area (Å²) in [6.45, 7) is 0.686. The molecule has 3 aromatic rings. The van der Waals surface area contributed by atoms with Crippen LogP contribution in [0.25, 0.3) is 11.0 Å². The van der Waals surface area contributed by atoms with E-state index in [-0.39, 0.29) is 0 Å². The highest BCUT2D eigenvalue weighted by atomic mass is 15.1. The van der Waals surface area contributed by atoms with Gasteiger partial charge in [0.25, 0.3) is 0 Å². The van der Waals surface area contributed by atoms with Crippen LogP contribution < -0.4 is 5.32 Å². The van der Waals surface area contributed by atoms with Gasteiger partial charge in [0.15, 0.2) is 5.84 Å². The molecule has 4 rings (SSSR count). The summed E-state index contributed by atoms with van der Waals surface area (Å²) >= 11 is 0. The predicted molar refractivity (Wildman–Crippen MR) is 78.8 cm³/mol. The van der Waals surface area contributed by atoms with Crippen molar-refractivity contribution < 1.29 is 0 Å². The van der Waals surface area contributed by atoms with Crippen LogP contribution in [0, 0.1) is 0 Å². The van der Waals surface area contributed by atoms with E-state index in [0.717, 1.165) is 33.8 Å². The van der Waals surface area contributed by atoms with Crippen molar-refractivity contribution in [3.63, 3.8) is 0 Å². The van der Waals surface area contributed by atoms with Crippen molar-refractivity contribution >= 4 is 22.6 Å². The van der Waals surface area contributed by atoms with Gasteiger partial charge in [-0.15, -0.1) is 0 Å². The second kappa shape index (κ2) is 4.16. The number of fused-ring (bicyclic) bond motifs is 2. The summed E-state index contributed by atoms with van der Waals surface area (Å²) in [7, 11) is 2.01. The van der Waals surface area contributed by atoms with Crippen LogP contribution in [0.5, 0.6) is 0 Å². The van der Waals surface area contributed by atoms with Gasteiger partial charge in [-0.3, -0.25) is 15.0 Å². The monoisotopic (exact) mass is 263 g/mol. The zero-order valence-corrected chi connectivity index (χ0v) is 11.0. The van der Waals surface area contributed by atoms with Crippen LogP contribution in [0.2, 0.25) is 0 Å². The summed E-state index contributed by atoms with van der Waals surface area (Å²) in [5, 5.41) is 3.32. The van der Waals surface area contributed by atoms with Gasteiger partial charge in [0.05, 0.1) is 29.5 Å². The summed E-state index contributed by atoms with van der Waals surface area (Å²) in [4.78, 5) is 13.3. The standard InChI is InChI=1S/C15H13N5/c1-20-6-4-12-13(20)7-11(9-17-12)19-15-14-10(8-18-15)3-2-5-16-14/h2-7,9H,8H2,1H3,(H,18,19). The van der Waals surface area contributed by atoms with Crippen LogP contribution in [-0.4, -0.2) is 20.4 Å². The molecule has 0 saturated heterocycles. The fourth-order valence-corrected chi connectivity index (χ4v) is 2.46. The molecule has 20 heavy (non-hydrogen) atoms. The number of hydrogen-bond acceptors (Lipinski definition) is 4. The van der Waals surface area contributed by atoms with Crippen molar-refractivity contribution in [2.45, 2.75) is 6.54 Å². The van der Waals surface area contributed by atoms with Crippen LogP contribution in [0.3, 0.4) is 0 Å². The molecule has 0 amide bonds. The molecule has 0 fully saturated rings. The first kappa shape index (κ1) is 11.2. The molecule has 5 nitrogen and oxygen atoms in total. The minimum Gasteiger partial charge on any atom is -0.349 e. The van der Waals surface area contributed by atoms with E-state index in [4.69, 9.17) is 0 Å². The lowest BCUT2D eigenvalue weighted by molar-refractivity contribution is 0.968. The van der Waals surface area contributed by atoms with E-state index < -0.39 is 0 Å². The number of aliphatic imine (C=N–C) groups is 1. The second-order valence-electron chi connectivity index (χ2n) is 4.86. The zero-order valence-electron chi connectivity index (χ0n) is 11.0. The van der Waals surface area contributed by atoms with Crippen molar-refractivity contribution in [1.29, 1.82) is 0 Å². The first-order valence-corrected chi connectivity index (χ1v) is 6.48. The molecule has 0 aromatic carbocycles. The normalized spacial score (nSPS) is 13.3. The molecule has 3 aromatic heterocycles. The number of nitrogens with one attached hydrogen (secondary N) is 1. The van der Waals surface area contributed by atoms with Crippen LogP contribution >= 0.6 is 0 Å². The average Bonchev–Trinajstić information content (AvgIpc) is 3.05. The molecule has 0 radical (unpaired) electrons. The van der Waals surface area contributed by atoms with E-state index in [1.165, 1.54) is 0 Å². The number of amidine groups is 1. The maximum Gasteiger partial charge on any atom is 0.152 e. The number of anilines is 1. The first-order chi connectivity index (χ1) is 9.81. The largest absolute Gasteiger partial charge is 0.349 e. The summed E-state index contributed by atoms with van der Waals surface area (Å²) in [5.41, 5.74) is 5.10. The van der Waals surface area contributed by atoms with Crippen molar-refractivity contribution in [2.75, 3.05) is 5.32 Å². The minimum absolute atomic E-state index is 0.686. The van der Waals surface area contributed by atoms with Gasteiger partial charge in [0.2, 0.25) is 0 Å². The Morgan fingerprint density at radius 2 is 2.20 bits per heavy atom. The van der Waals surface area contributed by atoms with Gasteiger partial charge < -0.3 is 9.88 Å². The Kier molecular flexibility index (Phi) is 2.32. The smallest absolute Gasteiger partial charge is 0.152 e. The molecule has 98 valence electrons. The summed E-state index contributed by atoms with van der Waals surface area (Å²) < 4.78 is 2.05. The van der Waals surface area contributed by atoms with E-state index in [2.05, 4.69) is 37.0 Å². The molecule has 0 spiro atoms. The Morgan fingerprint density at radius 1 is 1.25 bits per heavy atom. The summed E-state index contributed by atoms with van der Waals surface area (Å²) in [6.07, 6.45) is 5.62. The number of aryl methyl sites for hydroxylation is 1. The summed E-state index contributed by atoms with van der Waals surface area (Å²) in [6, 6.07) is 8.07. The molecule has 4 heterocycles. The van der Waals surface area contributed by atoms with Crippen molar-refractivity contribution in [1.82, 2.24) is 14.5 Å². The molecule has 0 saturated carbocycles. The van der Waals surface area contributed by atoms with Gasteiger partial charge in [0.1, 0.15) is 5.69 Å². The number of rotatable bonds is 1. The lowest BCUT2D eigenvalue weighted by Crippen LogP contribution is -2.13. The van der Waals surface area contributed by atoms with Gasteiger partial charge in [-0.1, -0.05) is 6.07 Å². The quantitative estimate of drug-likeness (QED) is 0.733. The van der Waals surface area contributed by atoms with Crippen molar-refractivity contribution in [3.05, 3.63) is 54.1 Å². The minimum atomic E-state index is 0.686. The third-order valence-electron chi connectivity index (χ3n) is 3.52. The summed E-state index contributed by atoms with van der Waals surface area (Å²) in [5.74, 6) is 0.816. The van der Waals surface area contributed by atoms with E-state index in [1.807, 2.05) is 31.6 Å². The lowest BCUT2D eigenvalue weighted by Gasteiger charge is -2.07. The Bertz CT molecular complexity index is 831. The highest BCUT2D eigenvalue weighted by molar-refractivity contribution is 6.09. The van der Waals surface area contributed by atoms with Crippen LogP contribution in [0.15, 0.2) is 47.8 Å². The number of hydrogen-bond donors (Lipinski definition) is 1. The molecule has 1 N–H and O–H groups in total. The topological polar surface area (TPSA) is 55.1 Å². The molecule has 0 atom stereocenters. The van der Waals surface area contributed by atoms with Gasteiger partial charge in [-0.25, -0.2) is 0 Å². The van der Waals surface area contributed by atoms with Crippen molar-refractivity contribution in [3.8, 4) is 0 Å². The molecule has 0 unspecified atom stereocenters. The van der Waals surface area contributed by atoms with E-state index in [9.17, 15) is 0 Å². The molecule has 1 aliphatic rings.